The Labute approximate surface area is 149 Å². The van der Waals surface area contributed by atoms with E-state index in [-0.39, 0.29) is 22.5 Å². The molecule has 24 heavy (non-hydrogen) atoms. The lowest BCUT2D eigenvalue weighted by Gasteiger charge is -2.36. The van der Waals surface area contributed by atoms with Crippen LogP contribution in [0.15, 0.2) is 12.2 Å². The summed E-state index contributed by atoms with van der Waals surface area (Å²) >= 11 is 0. The van der Waals surface area contributed by atoms with Crippen molar-refractivity contribution in [3.63, 3.8) is 0 Å². The van der Waals surface area contributed by atoms with Gasteiger partial charge in [-0.1, -0.05) is 39.8 Å². The molecule has 0 saturated heterocycles. The van der Waals surface area contributed by atoms with Crippen LogP contribution >= 0.6 is 0 Å². The van der Waals surface area contributed by atoms with Crippen LogP contribution in [0.2, 0.25) is 18.1 Å². The second kappa shape index (κ2) is 7.65. The molecule has 1 rings (SSSR count). The third kappa shape index (κ3) is 5.12. The van der Waals surface area contributed by atoms with Gasteiger partial charge in [0.1, 0.15) is 11.6 Å². The van der Waals surface area contributed by atoms with Crippen LogP contribution in [0.3, 0.4) is 0 Å². The van der Waals surface area contributed by atoms with Crippen molar-refractivity contribution in [1.82, 2.24) is 0 Å². The Hall–Kier alpha value is -0.743. The largest absolute Gasteiger partial charge is 0.413 e. The minimum Gasteiger partial charge on any atom is -0.413 e. The normalized spacial score (nSPS) is 25.9. The summed E-state index contributed by atoms with van der Waals surface area (Å²) in [5, 5.41) is 0.193. The van der Waals surface area contributed by atoms with Crippen molar-refractivity contribution in [1.29, 1.82) is 0 Å². The van der Waals surface area contributed by atoms with E-state index in [9.17, 15) is 9.59 Å². The molecule has 0 spiro atoms. The van der Waals surface area contributed by atoms with Gasteiger partial charge in [-0.3, -0.25) is 9.59 Å². The Morgan fingerprint density at radius 3 is 2.21 bits per heavy atom. The Bertz CT molecular complexity index is 482. The highest BCUT2D eigenvalue weighted by Crippen LogP contribution is 2.38. The van der Waals surface area contributed by atoms with Crippen LogP contribution in [0.25, 0.3) is 0 Å². The van der Waals surface area contributed by atoms with Crippen LogP contribution in [0.5, 0.6) is 0 Å². The predicted octanol–water partition coefficient (Wildman–Crippen LogP) is 5.31. The van der Waals surface area contributed by atoms with Gasteiger partial charge in [-0.15, -0.1) is 0 Å². The lowest BCUT2D eigenvalue weighted by molar-refractivity contribution is -0.145. The number of hydrogen-bond acceptors (Lipinski definition) is 3. The van der Waals surface area contributed by atoms with Gasteiger partial charge < -0.3 is 4.43 Å². The Morgan fingerprint density at radius 2 is 1.75 bits per heavy atom. The first-order valence-corrected chi connectivity index (χ1v) is 12.1. The van der Waals surface area contributed by atoms with Gasteiger partial charge in [-0.05, 0) is 50.2 Å². The van der Waals surface area contributed by atoms with Crippen LogP contribution in [-0.2, 0) is 14.0 Å². The first-order valence-electron chi connectivity index (χ1n) is 9.17. The summed E-state index contributed by atoms with van der Waals surface area (Å²) in [6.07, 6.45) is 3.36. The van der Waals surface area contributed by atoms with E-state index in [1.165, 1.54) is 0 Å². The molecule has 0 aromatic carbocycles. The van der Waals surface area contributed by atoms with Gasteiger partial charge in [0, 0.05) is 12.8 Å². The molecule has 0 amide bonds. The molecule has 0 unspecified atom stereocenters. The molecular formula is C20H36O3Si. The second-order valence-electron chi connectivity index (χ2n) is 9.34. The van der Waals surface area contributed by atoms with E-state index in [0.717, 1.165) is 18.4 Å². The van der Waals surface area contributed by atoms with Crippen LogP contribution in [0.4, 0.5) is 0 Å². The van der Waals surface area contributed by atoms with Crippen molar-refractivity contribution in [2.75, 3.05) is 6.61 Å². The smallest absolute Gasteiger partial charge is 0.192 e. The Morgan fingerprint density at radius 1 is 1.25 bits per heavy atom. The molecular weight excluding hydrogens is 316 g/mol. The Kier molecular flexibility index (Phi) is 6.79. The maximum atomic E-state index is 12.3. The maximum Gasteiger partial charge on any atom is 0.192 e. The standard InChI is InChI=1S/C20H36O3Si/c1-15(14-23-24(7,8)19(3,4)5)10-9-11-20(6)17(21)12-16(2)13-18(20)22/h16H,1,9-14H2,2-8H3. The SMILES string of the molecule is C=C(CCCC1(C)C(=O)CC(C)CC1=O)CO[Si](C)(C)C(C)(C)C. The highest BCUT2D eigenvalue weighted by atomic mass is 28.4. The van der Waals surface area contributed by atoms with Gasteiger partial charge >= 0.3 is 0 Å². The van der Waals surface area contributed by atoms with Crippen LogP contribution in [0.1, 0.15) is 66.7 Å². The molecule has 0 atom stereocenters. The van der Waals surface area contributed by atoms with E-state index in [2.05, 4.69) is 40.4 Å². The fraction of sp³-hybridized carbons (Fsp3) is 0.800. The first-order chi connectivity index (χ1) is 10.8. The summed E-state index contributed by atoms with van der Waals surface area (Å²) in [5.41, 5.74) is 0.292. The fourth-order valence-corrected chi connectivity index (χ4v) is 3.85. The van der Waals surface area contributed by atoms with Crippen molar-refractivity contribution in [3.05, 3.63) is 12.2 Å². The highest BCUT2D eigenvalue weighted by molar-refractivity contribution is 6.74. The van der Waals surface area contributed by atoms with Crippen molar-refractivity contribution >= 4 is 19.9 Å². The number of ketones is 2. The summed E-state index contributed by atoms with van der Waals surface area (Å²) in [6, 6.07) is 0. The van der Waals surface area contributed by atoms with Crippen LogP contribution in [0, 0.1) is 11.3 Å². The molecule has 138 valence electrons. The van der Waals surface area contributed by atoms with Gasteiger partial charge in [-0.2, -0.15) is 0 Å². The average molecular weight is 353 g/mol. The maximum absolute atomic E-state index is 12.3. The van der Waals surface area contributed by atoms with Crippen molar-refractivity contribution in [2.45, 2.75) is 84.9 Å². The Balaban J connectivity index is 2.46. The number of carbonyl (C=O) groups is 2. The van der Waals surface area contributed by atoms with Gasteiger partial charge in [0.25, 0.3) is 0 Å². The van der Waals surface area contributed by atoms with Gasteiger partial charge in [-0.25, -0.2) is 0 Å². The second-order valence-corrected chi connectivity index (χ2v) is 14.2. The molecule has 1 aliphatic carbocycles. The molecule has 0 aliphatic heterocycles. The van der Waals surface area contributed by atoms with E-state index in [4.69, 9.17) is 4.43 Å². The van der Waals surface area contributed by atoms with E-state index < -0.39 is 13.7 Å². The zero-order valence-corrected chi connectivity index (χ0v) is 17.8. The summed E-state index contributed by atoms with van der Waals surface area (Å²) < 4.78 is 6.19. The van der Waals surface area contributed by atoms with Crippen LogP contribution < -0.4 is 0 Å². The van der Waals surface area contributed by atoms with Crippen molar-refractivity contribution in [2.24, 2.45) is 11.3 Å². The van der Waals surface area contributed by atoms with Crippen molar-refractivity contribution < 1.29 is 14.0 Å². The van der Waals surface area contributed by atoms with E-state index in [1.807, 2.05) is 13.8 Å². The minimum atomic E-state index is -1.75. The number of rotatable bonds is 7. The molecule has 0 aromatic rings. The molecule has 1 saturated carbocycles. The summed E-state index contributed by atoms with van der Waals surface area (Å²) in [4.78, 5) is 24.6. The quantitative estimate of drug-likeness (QED) is 0.354. The summed E-state index contributed by atoms with van der Waals surface area (Å²) in [6.45, 7) is 19.7. The van der Waals surface area contributed by atoms with Crippen LogP contribution in [-0.4, -0.2) is 26.5 Å². The molecule has 4 heteroatoms. The van der Waals surface area contributed by atoms with Gasteiger partial charge in [0.15, 0.2) is 8.32 Å². The molecule has 1 aliphatic rings. The third-order valence-corrected chi connectivity index (χ3v) is 10.4. The van der Waals surface area contributed by atoms with Gasteiger partial charge in [0.2, 0.25) is 0 Å². The first kappa shape index (κ1) is 21.3. The average Bonchev–Trinajstić information content (AvgIpc) is 2.42. The molecule has 0 aromatic heterocycles. The van der Waals surface area contributed by atoms with Gasteiger partial charge in [0.05, 0.1) is 12.0 Å². The third-order valence-electron chi connectivity index (χ3n) is 5.95. The highest BCUT2D eigenvalue weighted by Gasteiger charge is 2.44. The number of hydrogen-bond donors (Lipinski definition) is 0. The van der Waals surface area contributed by atoms with Crippen molar-refractivity contribution in [3.8, 4) is 0 Å². The number of Topliss-reactive ketones (excluding diaryl/α,β-unsaturated/α-hetero) is 2. The lowest BCUT2D eigenvalue weighted by atomic mass is 9.67. The molecule has 1 fully saturated rings. The minimum absolute atomic E-state index is 0.120. The molecule has 0 bridgehead atoms. The van der Waals surface area contributed by atoms with E-state index in [0.29, 0.717) is 25.9 Å². The molecule has 0 N–H and O–H groups in total. The molecule has 3 nitrogen and oxygen atoms in total. The summed E-state index contributed by atoms with van der Waals surface area (Å²) in [7, 11) is -1.75. The topological polar surface area (TPSA) is 43.4 Å². The number of carbonyl (C=O) groups excluding carboxylic acids is 2. The zero-order valence-electron chi connectivity index (χ0n) is 16.8. The fourth-order valence-electron chi connectivity index (χ4n) is 2.85. The van der Waals surface area contributed by atoms with E-state index in [1.54, 1.807) is 0 Å². The lowest BCUT2D eigenvalue weighted by Crippen LogP contribution is -2.42. The molecule has 0 radical (unpaired) electrons. The predicted molar refractivity (Wildman–Crippen MR) is 103 cm³/mol. The zero-order chi connectivity index (χ0) is 18.8. The monoisotopic (exact) mass is 352 g/mol. The molecule has 0 heterocycles. The van der Waals surface area contributed by atoms with E-state index >= 15 is 0 Å². The summed E-state index contributed by atoms with van der Waals surface area (Å²) in [5.74, 6) is 0.440.